The van der Waals surface area contributed by atoms with E-state index in [1.54, 1.807) is 13.3 Å². The highest BCUT2D eigenvalue weighted by atomic mass is 16.6. The van der Waals surface area contributed by atoms with Crippen LogP contribution in [0.15, 0.2) is 17.0 Å². The van der Waals surface area contributed by atoms with Crippen LogP contribution in [0.2, 0.25) is 0 Å². The topological polar surface area (TPSA) is 98.0 Å². The first-order valence-corrected chi connectivity index (χ1v) is 7.51. The molecule has 8 nitrogen and oxygen atoms in total. The average Bonchev–Trinajstić information content (AvgIpc) is 2.98. The van der Waals surface area contributed by atoms with Crippen LogP contribution in [0.1, 0.15) is 30.1 Å². The van der Waals surface area contributed by atoms with Gasteiger partial charge in [-0.15, -0.1) is 0 Å². The summed E-state index contributed by atoms with van der Waals surface area (Å²) in [6.45, 7) is 4.94. The van der Waals surface area contributed by atoms with Crippen LogP contribution in [-0.2, 0) is 0 Å². The van der Waals surface area contributed by atoms with E-state index in [-0.39, 0.29) is 0 Å². The molecule has 0 saturated carbocycles. The summed E-state index contributed by atoms with van der Waals surface area (Å²) in [5.41, 5.74) is 1.73. The molecule has 0 aliphatic carbocycles. The molecular weight excluding hydrogens is 284 g/mol. The molecule has 0 unspecified atom stereocenters. The second-order valence-electron chi connectivity index (χ2n) is 5.30. The first kappa shape index (κ1) is 14.7. The fourth-order valence-electron chi connectivity index (χ4n) is 2.48. The lowest BCUT2D eigenvalue weighted by Gasteiger charge is -2.22. The predicted octanol–water partition coefficient (Wildman–Crippen LogP) is 1.13. The summed E-state index contributed by atoms with van der Waals surface area (Å²) in [4.78, 5) is 8.63. The van der Waals surface area contributed by atoms with Crippen molar-refractivity contribution in [1.82, 2.24) is 25.6 Å². The molecule has 2 N–H and O–H groups in total. The fourth-order valence-corrected chi connectivity index (χ4v) is 2.48. The molecule has 0 spiro atoms. The Balaban J connectivity index is 1.49. The number of nitrogens with one attached hydrogen (secondary N) is 2. The SMILES string of the molecule is Cc1nonc1OCCNc1cc([C@H]2CCCNC2)ncn1. The van der Waals surface area contributed by atoms with Crippen LogP contribution in [0.3, 0.4) is 0 Å². The van der Waals surface area contributed by atoms with Gasteiger partial charge in [-0.2, -0.15) is 0 Å². The lowest BCUT2D eigenvalue weighted by molar-refractivity contribution is 0.261. The van der Waals surface area contributed by atoms with Gasteiger partial charge in [-0.25, -0.2) is 14.6 Å². The molecule has 1 fully saturated rings. The van der Waals surface area contributed by atoms with Crippen molar-refractivity contribution in [2.24, 2.45) is 0 Å². The van der Waals surface area contributed by atoms with Gasteiger partial charge in [0.15, 0.2) is 0 Å². The predicted molar refractivity (Wildman–Crippen MR) is 79.9 cm³/mol. The number of hydrogen-bond acceptors (Lipinski definition) is 8. The monoisotopic (exact) mass is 304 g/mol. The number of nitrogens with zero attached hydrogens (tertiary/aromatic N) is 4. The zero-order valence-electron chi connectivity index (χ0n) is 12.6. The van der Waals surface area contributed by atoms with Crippen molar-refractivity contribution in [1.29, 1.82) is 0 Å². The largest absolute Gasteiger partial charge is 0.472 e. The molecule has 3 heterocycles. The summed E-state index contributed by atoms with van der Waals surface area (Å²) in [6, 6.07) is 2.01. The van der Waals surface area contributed by atoms with E-state index in [2.05, 4.69) is 35.5 Å². The van der Waals surface area contributed by atoms with Gasteiger partial charge in [0.25, 0.3) is 5.88 Å². The number of rotatable bonds is 6. The van der Waals surface area contributed by atoms with Crippen LogP contribution in [-0.4, -0.2) is 46.5 Å². The molecule has 0 bridgehead atoms. The highest BCUT2D eigenvalue weighted by Gasteiger charge is 2.16. The average molecular weight is 304 g/mol. The Kier molecular flexibility index (Phi) is 4.79. The molecule has 1 atom stereocenters. The van der Waals surface area contributed by atoms with Gasteiger partial charge in [-0.05, 0) is 31.5 Å². The zero-order valence-corrected chi connectivity index (χ0v) is 12.6. The molecule has 118 valence electrons. The van der Waals surface area contributed by atoms with E-state index in [9.17, 15) is 0 Å². The van der Waals surface area contributed by atoms with E-state index >= 15 is 0 Å². The number of anilines is 1. The van der Waals surface area contributed by atoms with E-state index < -0.39 is 0 Å². The van der Waals surface area contributed by atoms with Gasteiger partial charge in [0.2, 0.25) is 0 Å². The van der Waals surface area contributed by atoms with Gasteiger partial charge in [-0.1, -0.05) is 5.16 Å². The van der Waals surface area contributed by atoms with Crippen LogP contribution in [0.4, 0.5) is 5.82 Å². The Morgan fingerprint density at radius 1 is 1.41 bits per heavy atom. The minimum atomic E-state index is 0.429. The smallest absolute Gasteiger partial charge is 0.278 e. The van der Waals surface area contributed by atoms with Crippen LogP contribution in [0.25, 0.3) is 0 Å². The number of hydrogen-bond donors (Lipinski definition) is 2. The third-order valence-electron chi connectivity index (χ3n) is 3.66. The first-order chi connectivity index (χ1) is 10.8. The Labute approximate surface area is 128 Å². The second-order valence-corrected chi connectivity index (χ2v) is 5.30. The highest BCUT2D eigenvalue weighted by molar-refractivity contribution is 5.36. The maximum atomic E-state index is 5.46. The fraction of sp³-hybridized carbons (Fsp3) is 0.571. The zero-order chi connectivity index (χ0) is 15.2. The van der Waals surface area contributed by atoms with Crippen molar-refractivity contribution in [3.8, 4) is 5.88 Å². The molecule has 1 saturated heterocycles. The van der Waals surface area contributed by atoms with E-state index in [1.165, 1.54) is 12.8 Å². The number of piperidine rings is 1. The van der Waals surface area contributed by atoms with Gasteiger partial charge < -0.3 is 15.4 Å². The maximum absolute atomic E-state index is 5.46. The van der Waals surface area contributed by atoms with E-state index in [0.717, 1.165) is 24.6 Å². The molecule has 3 rings (SSSR count). The highest BCUT2D eigenvalue weighted by Crippen LogP contribution is 2.22. The Bertz CT molecular complexity index is 597. The molecule has 0 aromatic carbocycles. The Hall–Kier alpha value is -2.22. The van der Waals surface area contributed by atoms with Crippen molar-refractivity contribution in [3.05, 3.63) is 23.8 Å². The molecule has 0 radical (unpaired) electrons. The summed E-state index contributed by atoms with van der Waals surface area (Å²) in [5, 5.41) is 14.0. The maximum Gasteiger partial charge on any atom is 0.278 e. The van der Waals surface area contributed by atoms with Gasteiger partial charge in [-0.3, -0.25) is 0 Å². The minimum Gasteiger partial charge on any atom is -0.472 e. The lowest BCUT2D eigenvalue weighted by Crippen LogP contribution is -2.29. The molecular formula is C14H20N6O2. The molecule has 1 aliphatic rings. The van der Waals surface area contributed by atoms with Crippen LogP contribution < -0.4 is 15.4 Å². The molecule has 1 aliphatic heterocycles. The number of aryl methyl sites for hydroxylation is 1. The second kappa shape index (κ2) is 7.17. The van der Waals surface area contributed by atoms with Gasteiger partial charge in [0.1, 0.15) is 24.4 Å². The van der Waals surface area contributed by atoms with Crippen molar-refractivity contribution in [2.75, 3.05) is 31.6 Å². The number of aromatic nitrogens is 4. The summed E-state index contributed by atoms with van der Waals surface area (Å²) in [5.74, 6) is 1.71. The van der Waals surface area contributed by atoms with E-state index in [0.29, 0.717) is 30.6 Å². The quantitative estimate of drug-likeness (QED) is 0.766. The van der Waals surface area contributed by atoms with Crippen LogP contribution in [0.5, 0.6) is 5.88 Å². The van der Waals surface area contributed by atoms with Gasteiger partial charge in [0.05, 0.1) is 12.2 Å². The van der Waals surface area contributed by atoms with Gasteiger partial charge in [0, 0.05) is 18.5 Å². The lowest BCUT2D eigenvalue weighted by atomic mass is 9.96. The normalized spacial score (nSPS) is 18.1. The summed E-state index contributed by atoms with van der Waals surface area (Å²) < 4.78 is 10.0. The molecule has 8 heteroatoms. The summed E-state index contributed by atoms with van der Waals surface area (Å²) in [6.07, 6.45) is 3.97. The van der Waals surface area contributed by atoms with Crippen LogP contribution >= 0.6 is 0 Å². The van der Waals surface area contributed by atoms with Crippen LogP contribution in [0, 0.1) is 6.92 Å². The minimum absolute atomic E-state index is 0.429. The van der Waals surface area contributed by atoms with E-state index in [1.807, 2.05) is 6.07 Å². The Morgan fingerprint density at radius 3 is 3.14 bits per heavy atom. The van der Waals surface area contributed by atoms with Crippen molar-refractivity contribution < 1.29 is 9.37 Å². The van der Waals surface area contributed by atoms with Gasteiger partial charge >= 0.3 is 0 Å². The first-order valence-electron chi connectivity index (χ1n) is 7.51. The summed E-state index contributed by atoms with van der Waals surface area (Å²) in [7, 11) is 0. The Morgan fingerprint density at radius 2 is 2.36 bits per heavy atom. The van der Waals surface area contributed by atoms with E-state index in [4.69, 9.17) is 4.74 Å². The molecule has 2 aromatic heterocycles. The van der Waals surface area contributed by atoms with Crippen molar-refractivity contribution >= 4 is 5.82 Å². The third-order valence-corrected chi connectivity index (χ3v) is 3.66. The van der Waals surface area contributed by atoms with Crippen molar-refractivity contribution in [3.63, 3.8) is 0 Å². The third kappa shape index (κ3) is 3.70. The summed E-state index contributed by atoms with van der Waals surface area (Å²) >= 11 is 0. The van der Waals surface area contributed by atoms with Crippen molar-refractivity contribution in [2.45, 2.75) is 25.7 Å². The molecule has 22 heavy (non-hydrogen) atoms. The molecule has 2 aromatic rings. The molecule has 0 amide bonds. The number of ether oxygens (including phenoxy) is 1. The standard InChI is InChI=1S/C14H20N6O2/c1-10-14(20-22-19-10)21-6-5-16-13-7-12(17-9-18-13)11-3-2-4-15-8-11/h7,9,11,15H,2-6,8H2,1H3,(H,16,17,18)/t11-/m0/s1.